The standard InChI is InChI=1S/C24H21NO4/c26-23-21-11-4-5-12-22(21)24(27)25(23)14-16-29-20-10-6-9-19(17-20)28-15-13-18-7-2-1-3-8-18/h1-12,17H,13-16H2. The monoisotopic (exact) mass is 387 g/mol. The summed E-state index contributed by atoms with van der Waals surface area (Å²) in [7, 11) is 0. The highest BCUT2D eigenvalue weighted by molar-refractivity contribution is 6.21. The summed E-state index contributed by atoms with van der Waals surface area (Å²) in [5, 5.41) is 0. The molecule has 1 aliphatic heterocycles. The second-order valence-corrected chi connectivity index (χ2v) is 6.71. The van der Waals surface area contributed by atoms with Crippen molar-refractivity contribution in [2.24, 2.45) is 0 Å². The third-order valence-corrected chi connectivity index (χ3v) is 4.77. The molecule has 2 amide bonds. The molecule has 0 radical (unpaired) electrons. The maximum atomic E-state index is 12.4. The molecule has 146 valence electrons. The van der Waals surface area contributed by atoms with Crippen LogP contribution >= 0.6 is 0 Å². The van der Waals surface area contributed by atoms with Crippen LogP contribution < -0.4 is 9.47 Å². The van der Waals surface area contributed by atoms with Crippen LogP contribution in [0.15, 0.2) is 78.9 Å². The van der Waals surface area contributed by atoms with Crippen LogP contribution in [0.5, 0.6) is 11.5 Å². The quantitative estimate of drug-likeness (QED) is 0.549. The van der Waals surface area contributed by atoms with E-state index in [-0.39, 0.29) is 25.0 Å². The lowest BCUT2D eigenvalue weighted by atomic mass is 10.1. The summed E-state index contributed by atoms with van der Waals surface area (Å²) < 4.78 is 11.6. The number of hydrogen-bond donors (Lipinski definition) is 0. The SMILES string of the molecule is O=C1c2ccccc2C(=O)N1CCOc1cccc(OCCc2ccccc2)c1. The van der Waals surface area contributed by atoms with Crippen molar-refractivity contribution in [1.29, 1.82) is 0 Å². The third-order valence-electron chi connectivity index (χ3n) is 4.77. The second kappa shape index (κ2) is 8.61. The molecule has 0 atom stereocenters. The zero-order valence-corrected chi connectivity index (χ0v) is 15.9. The van der Waals surface area contributed by atoms with Crippen molar-refractivity contribution in [1.82, 2.24) is 4.90 Å². The van der Waals surface area contributed by atoms with Gasteiger partial charge in [0.05, 0.1) is 24.3 Å². The maximum absolute atomic E-state index is 12.4. The molecule has 0 saturated heterocycles. The van der Waals surface area contributed by atoms with E-state index in [4.69, 9.17) is 9.47 Å². The number of rotatable bonds is 8. The Kier molecular flexibility index (Phi) is 5.56. The van der Waals surface area contributed by atoms with E-state index in [1.165, 1.54) is 10.5 Å². The predicted octanol–water partition coefficient (Wildman–Crippen LogP) is 3.98. The first-order valence-electron chi connectivity index (χ1n) is 9.57. The lowest BCUT2D eigenvalue weighted by Crippen LogP contribution is -2.33. The Labute approximate surface area is 169 Å². The highest BCUT2D eigenvalue weighted by Gasteiger charge is 2.34. The summed E-state index contributed by atoms with van der Waals surface area (Å²) in [6, 6.07) is 24.4. The van der Waals surface area contributed by atoms with Gasteiger partial charge in [-0.1, -0.05) is 48.5 Å². The number of hydrogen-bond acceptors (Lipinski definition) is 4. The lowest BCUT2D eigenvalue weighted by molar-refractivity contribution is 0.0631. The summed E-state index contributed by atoms with van der Waals surface area (Å²) in [6.45, 7) is 0.993. The van der Waals surface area contributed by atoms with Crippen LogP contribution in [0.3, 0.4) is 0 Å². The van der Waals surface area contributed by atoms with Crippen molar-refractivity contribution in [3.63, 3.8) is 0 Å². The fourth-order valence-corrected chi connectivity index (χ4v) is 3.28. The molecule has 3 aromatic carbocycles. The average molecular weight is 387 g/mol. The van der Waals surface area contributed by atoms with E-state index < -0.39 is 0 Å². The van der Waals surface area contributed by atoms with Gasteiger partial charge >= 0.3 is 0 Å². The zero-order valence-electron chi connectivity index (χ0n) is 15.9. The van der Waals surface area contributed by atoms with E-state index in [1.54, 1.807) is 24.3 Å². The molecular formula is C24H21NO4. The van der Waals surface area contributed by atoms with Crippen molar-refractivity contribution in [2.45, 2.75) is 6.42 Å². The Bertz CT molecular complexity index is 981. The third kappa shape index (κ3) is 4.29. The average Bonchev–Trinajstić information content (AvgIpc) is 3.00. The number of amides is 2. The molecule has 3 aromatic rings. The molecule has 1 heterocycles. The molecule has 5 nitrogen and oxygen atoms in total. The minimum absolute atomic E-state index is 0.200. The van der Waals surface area contributed by atoms with Gasteiger partial charge in [0.15, 0.2) is 0 Å². The van der Waals surface area contributed by atoms with Crippen LogP contribution in [0.4, 0.5) is 0 Å². The van der Waals surface area contributed by atoms with E-state index in [0.29, 0.717) is 23.5 Å². The number of fused-ring (bicyclic) bond motifs is 1. The minimum Gasteiger partial charge on any atom is -0.493 e. The van der Waals surface area contributed by atoms with Gasteiger partial charge in [0.1, 0.15) is 18.1 Å². The van der Waals surface area contributed by atoms with Crippen molar-refractivity contribution < 1.29 is 19.1 Å². The molecule has 0 fully saturated rings. The van der Waals surface area contributed by atoms with Crippen LogP contribution in [0, 0.1) is 0 Å². The molecule has 1 aliphatic rings. The van der Waals surface area contributed by atoms with Gasteiger partial charge in [-0.25, -0.2) is 0 Å². The smallest absolute Gasteiger partial charge is 0.261 e. The molecule has 0 aliphatic carbocycles. The van der Waals surface area contributed by atoms with Gasteiger partial charge in [0.25, 0.3) is 11.8 Å². The van der Waals surface area contributed by atoms with Gasteiger partial charge in [0.2, 0.25) is 0 Å². The first-order valence-corrected chi connectivity index (χ1v) is 9.57. The maximum Gasteiger partial charge on any atom is 0.261 e. The van der Waals surface area contributed by atoms with Crippen molar-refractivity contribution in [3.8, 4) is 11.5 Å². The van der Waals surface area contributed by atoms with Crippen molar-refractivity contribution in [2.75, 3.05) is 19.8 Å². The summed E-state index contributed by atoms with van der Waals surface area (Å²) in [4.78, 5) is 26.0. The molecule has 4 rings (SSSR count). The van der Waals surface area contributed by atoms with Gasteiger partial charge in [-0.05, 0) is 29.8 Å². The summed E-state index contributed by atoms with van der Waals surface area (Å²) >= 11 is 0. The largest absolute Gasteiger partial charge is 0.493 e. The number of imide groups is 1. The molecular weight excluding hydrogens is 366 g/mol. The Hall–Kier alpha value is -3.60. The normalized spacial score (nSPS) is 12.8. The van der Waals surface area contributed by atoms with E-state index in [1.807, 2.05) is 42.5 Å². The fourth-order valence-electron chi connectivity index (χ4n) is 3.28. The van der Waals surface area contributed by atoms with Gasteiger partial charge in [-0.15, -0.1) is 0 Å². The summed E-state index contributed by atoms with van der Waals surface area (Å²) in [6.07, 6.45) is 0.825. The predicted molar refractivity (Wildman–Crippen MR) is 109 cm³/mol. The topological polar surface area (TPSA) is 55.8 Å². The van der Waals surface area contributed by atoms with Crippen molar-refractivity contribution >= 4 is 11.8 Å². The Morgan fingerprint density at radius 3 is 1.90 bits per heavy atom. The lowest BCUT2D eigenvalue weighted by Gasteiger charge is -2.15. The van der Waals surface area contributed by atoms with Gasteiger partial charge in [-0.3, -0.25) is 14.5 Å². The first kappa shape index (κ1) is 18.7. The van der Waals surface area contributed by atoms with Gasteiger partial charge < -0.3 is 9.47 Å². The Balaban J connectivity index is 1.28. The highest BCUT2D eigenvalue weighted by Crippen LogP contribution is 2.23. The number of ether oxygens (including phenoxy) is 2. The molecule has 0 spiro atoms. The number of carbonyl (C=O) groups excluding carboxylic acids is 2. The molecule has 0 saturated carbocycles. The van der Waals surface area contributed by atoms with Gasteiger partial charge in [-0.2, -0.15) is 0 Å². The molecule has 0 aromatic heterocycles. The Morgan fingerprint density at radius 1 is 0.655 bits per heavy atom. The molecule has 5 heteroatoms. The van der Waals surface area contributed by atoms with E-state index in [0.717, 1.165) is 12.2 Å². The number of benzene rings is 3. The fraction of sp³-hybridized carbons (Fsp3) is 0.167. The minimum atomic E-state index is -0.271. The zero-order chi connectivity index (χ0) is 20.1. The van der Waals surface area contributed by atoms with Crippen LogP contribution in [0.1, 0.15) is 26.3 Å². The van der Waals surface area contributed by atoms with Crippen LogP contribution in [0.2, 0.25) is 0 Å². The summed E-state index contributed by atoms with van der Waals surface area (Å²) in [5.41, 5.74) is 2.12. The first-order chi connectivity index (χ1) is 14.2. The van der Waals surface area contributed by atoms with Crippen LogP contribution in [-0.2, 0) is 6.42 Å². The molecule has 0 N–H and O–H groups in total. The van der Waals surface area contributed by atoms with Crippen LogP contribution in [-0.4, -0.2) is 36.5 Å². The highest BCUT2D eigenvalue weighted by atomic mass is 16.5. The van der Waals surface area contributed by atoms with Gasteiger partial charge in [0, 0.05) is 12.5 Å². The second-order valence-electron chi connectivity index (χ2n) is 6.71. The molecule has 29 heavy (non-hydrogen) atoms. The molecule has 0 bridgehead atoms. The van der Waals surface area contributed by atoms with Crippen LogP contribution in [0.25, 0.3) is 0 Å². The Morgan fingerprint density at radius 2 is 1.24 bits per heavy atom. The van der Waals surface area contributed by atoms with E-state index in [9.17, 15) is 9.59 Å². The molecule has 0 unspecified atom stereocenters. The van der Waals surface area contributed by atoms with E-state index >= 15 is 0 Å². The van der Waals surface area contributed by atoms with E-state index in [2.05, 4.69) is 12.1 Å². The summed E-state index contributed by atoms with van der Waals surface area (Å²) in [5.74, 6) is 0.817. The number of carbonyl (C=O) groups is 2. The number of nitrogens with zero attached hydrogens (tertiary/aromatic N) is 1. The van der Waals surface area contributed by atoms with Crippen molar-refractivity contribution in [3.05, 3.63) is 95.6 Å².